The van der Waals surface area contributed by atoms with E-state index in [0.29, 0.717) is 5.39 Å². The molecule has 104 valence electrons. The molecule has 4 nitrogen and oxygen atoms in total. The van der Waals surface area contributed by atoms with Gasteiger partial charge in [-0.1, -0.05) is 32.0 Å². The van der Waals surface area contributed by atoms with Crippen molar-refractivity contribution < 1.29 is 42.5 Å². The molecule has 0 unspecified atom stereocenters. The number of benzene rings is 2. The van der Waals surface area contributed by atoms with E-state index in [-0.39, 0.29) is 39.9 Å². The van der Waals surface area contributed by atoms with Crippen LogP contribution in [-0.2, 0) is 15.5 Å². The van der Waals surface area contributed by atoms with E-state index >= 15 is 0 Å². The van der Waals surface area contributed by atoms with E-state index in [4.69, 9.17) is 0 Å². The van der Waals surface area contributed by atoms with Crippen LogP contribution in [0, 0.1) is 0 Å². The quantitative estimate of drug-likeness (QED) is 0.555. The monoisotopic (exact) mass is 311 g/mol. The Morgan fingerprint density at radius 3 is 2.38 bits per heavy atom. The van der Waals surface area contributed by atoms with Crippen LogP contribution in [0.3, 0.4) is 0 Å². The normalized spacial score (nSPS) is 16.3. The molecule has 6 heteroatoms. The van der Waals surface area contributed by atoms with Gasteiger partial charge < -0.3 is 4.55 Å². The van der Waals surface area contributed by atoms with Crippen LogP contribution < -0.4 is 29.6 Å². The fraction of sp³-hybridized carbons (Fsp3) is 0.267. The molecule has 0 bridgehead atoms. The molecule has 0 amide bonds. The fourth-order valence-corrected chi connectivity index (χ4v) is 3.48. The van der Waals surface area contributed by atoms with Crippen molar-refractivity contribution in [1.82, 2.24) is 0 Å². The molecule has 2 aromatic rings. The second-order valence-corrected chi connectivity index (χ2v) is 6.94. The first-order valence-corrected chi connectivity index (χ1v) is 7.71. The number of aliphatic imine (C=N–C) groups is 1. The predicted octanol–water partition coefficient (Wildman–Crippen LogP) is 0.132. The predicted molar refractivity (Wildman–Crippen MR) is 77.7 cm³/mol. The minimum absolute atomic E-state index is 0. The van der Waals surface area contributed by atoms with Gasteiger partial charge in [0.2, 0.25) is 0 Å². The SMILES string of the molecule is CC1=Nc2ccc3c(S(=O)(=O)[O-])cccc3c2C1(C)C.[Na+]. The van der Waals surface area contributed by atoms with Gasteiger partial charge >= 0.3 is 29.6 Å². The van der Waals surface area contributed by atoms with Gasteiger partial charge in [-0.2, -0.15) is 0 Å². The summed E-state index contributed by atoms with van der Waals surface area (Å²) in [6.45, 7) is 6.06. The van der Waals surface area contributed by atoms with Crippen LogP contribution in [0.25, 0.3) is 10.8 Å². The van der Waals surface area contributed by atoms with Crippen molar-refractivity contribution in [2.24, 2.45) is 4.99 Å². The van der Waals surface area contributed by atoms with Crippen LogP contribution in [0.15, 0.2) is 40.2 Å². The molecule has 2 aromatic carbocycles. The van der Waals surface area contributed by atoms with Gasteiger partial charge in [-0.25, -0.2) is 8.42 Å². The van der Waals surface area contributed by atoms with Crippen molar-refractivity contribution in [3.63, 3.8) is 0 Å². The summed E-state index contributed by atoms with van der Waals surface area (Å²) in [5.74, 6) is 0. The Labute approximate surface area is 146 Å². The molecule has 0 radical (unpaired) electrons. The summed E-state index contributed by atoms with van der Waals surface area (Å²) in [4.78, 5) is 4.37. The number of fused-ring (bicyclic) bond motifs is 3. The summed E-state index contributed by atoms with van der Waals surface area (Å²) in [5, 5.41) is 1.25. The van der Waals surface area contributed by atoms with Crippen LogP contribution in [-0.4, -0.2) is 18.7 Å². The standard InChI is InChI=1S/C15H15NO3S.Na/c1-9-15(2,3)14-11-5-4-6-13(20(17,18)19)10(11)7-8-12(14)16-9;/h4-8H,1-3H3,(H,17,18,19);/q;+1/p-1. The second kappa shape index (κ2) is 5.18. The zero-order chi connectivity index (χ0) is 14.7. The van der Waals surface area contributed by atoms with Gasteiger partial charge in [-0.15, -0.1) is 0 Å². The summed E-state index contributed by atoms with van der Waals surface area (Å²) in [6.07, 6.45) is 0. The van der Waals surface area contributed by atoms with E-state index in [0.717, 1.165) is 22.3 Å². The maximum absolute atomic E-state index is 11.4. The van der Waals surface area contributed by atoms with Crippen molar-refractivity contribution in [3.05, 3.63) is 35.9 Å². The summed E-state index contributed by atoms with van der Waals surface area (Å²) in [7, 11) is -4.49. The molecule has 0 aromatic heterocycles. The zero-order valence-electron chi connectivity index (χ0n) is 12.5. The van der Waals surface area contributed by atoms with E-state index in [1.54, 1.807) is 18.2 Å². The molecular formula is C15H14NNaO3S. The van der Waals surface area contributed by atoms with E-state index in [1.807, 2.05) is 13.0 Å². The van der Waals surface area contributed by atoms with Gasteiger partial charge in [0.25, 0.3) is 0 Å². The van der Waals surface area contributed by atoms with E-state index in [1.165, 1.54) is 6.07 Å². The first-order valence-electron chi connectivity index (χ1n) is 6.31. The molecule has 0 saturated heterocycles. The molecule has 1 aliphatic heterocycles. The van der Waals surface area contributed by atoms with Gasteiger partial charge in [0.15, 0.2) is 0 Å². The molecule has 0 N–H and O–H groups in total. The first-order chi connectivity index (χ1) is 9.23. The van der Waals surface area contributed by atoms with Crippen molar-refractivity contribution in [1.29, 1.82) is 0 Å². The maximum atomic E-state index is 11.4. The summed E-state index contributed by atoms with van der Waals surface area (Å²) < 4.78 is 34.2. The van der Waals surface area contributed by atoms with E-state index in [2.05, 4.69) is 18.8 Å². The second-order valence-electron chi connectivity index (χ2n) is 5.59. The van der Waals surface area contributed by atoms with E-state index in [9.17, 15) is 13.0 Å². The zero-order valence-corrected chi connectivity index (χ0v) is 15.3. The van der Waals surface area contributed by atoms with Crippen LogP contribution in [0.2, 0.25) is 0 Å². The molecule has 0 aliphatic carbocycles. The Balaban J connectivity index is 0.00000161. The van der Waals surface area contributed by atoms with Crippen molar-refractivity contribution >= 4 is 32.3 Å². The third-order valence-electron chi connectivity index (χ3n) is 4.09. The van der Waals surface area contributed by atoms with Gasteiger partial charge in [0, 0.05) is 11.1 Å². The third-order valence-corrected chi connectivity index (χ3v) is 4.98. The molecule has 1 aliphatic rings. The Morgan fingerprint density at radius 2 is 1.76 bits per heavy atom. The van der Waals surface area contributed by atoms with Crippen molar-refractivity contribution in [3.8, 4) is 0 Å². The van der Waals surface area contributed by atoms with E-state index < -0.39 is 10.1 Å². The minimum Gasteiger partial charge on any atom is -0.744 e. The number of hydrogen-bond acceptors (Lipinski definition) is 4. The number of rotatable bonds is 1. The molecule has 3 rings (SSSR count). The molecular weight excluding hydrogens is 297 g/mol. The summed E-state index contributed by atoms with van der Waals surface area (Å²) in [5.41, 5.74) is 2.55. The Hall–Kier alpha value is -0.720. The molecule has 1 heterocycles. The molecule has 0 atom stereocenters. The van der Waals surface area contributed by atoms with Gasteiger partial charge in [-0.05, 0) is 35.4 Å². The maximum Gasteiger partial charge on any atom is 1.00 e. The summed E-state index contributed by atoms with van der Waals surface area (Å²) in [6, 6.07) is 8.25. The first kappa shape index (κ1) is 16.6. The molecule has 0 spiro atoms. The van der Waals surface area contributed by atoms with Gasteiger partial charge in [0.1, 0.15) is 10.1 Å². The fourth-order valence-electron chi connectivity index (χ4n) is 2.79. The molecule has 0 fully saturated rings. The van der Waals surface area contributed by atoms with Crippen molar-refractivity contribution in [2.45, 2.75) is 31.1 Å². The largest absolute Gasteiger partial charge is 1.00 e. The van der Waals surface area contributed by atoms with Crippen molar-refractivity contribution in [2.75, 3.05) is 0 Å². The van der Waals surface area contributed by atoms with Crippen LogP contribution in [0.4, 0.5) is 5.69 Å². The Morgan fingerprint density at radius 1 is 1.10 bits per heavy atom. The van der Waals surface area contributed by atoms with Crippen LogP contribution in [0.1, 0.15) is 26.3 Å². The smallest absolute Gasteiger partial charge is 0.744 e. The average molecular weight is 311 g/mol. The van der Waals surface area contributed by atoms with Gasteiger partial charge in [-0.3, -0.25) is 4.99 Å². The average Bonchev–Trinajstić information content (AvgIpc) is 2.58. The topological polar surface area (TPSA) is 69.6 Å². The van der Waals surface area contributed by atoms with Crippen LogP contribution in [0.5, 0.6) is 0 Å². The Kier molecular flexibility index (Phi) is 4.10. The van der Waals surface area contributed by atoms with Crippen LogP contribution >= 0.6 is 0 Å². The Bertz CT molecular complexity index is 870. The number of nitrogens with zero attached hydrogens (tertiary/aromatic N) is 1. The molecule has 21 heavy (non-hydrogen) atoms. The summed E-state index contributed by atoms with van der Waals surface area (Å²) >= 11 is 0. The number of hydrogen-bond donors (Lipinski definition) is 0. The molecule has 0 saturated carbocycles. The third kappa shape index (κ3) is 2.47. The van der Waals surface area contributed by atoms with Gasteiger partial charge in [0.05, 0.1) is 10.6 Å². The minimum atomic E-state index is -4.49.